The van der Waals surface area contributed by atoms with Crippen LogP contribution >= 0.6 is 35.3 Å². The third-order valence-electron chi connectivity index (χ3n) is 4.07. The lowest BCUT2D eigenvalue weighted by Crippen LogP contribution is -2.43. The number of thiazole rings is 1. The van der Waals surface area contributed by atoms with E-state index in [1.807, 2.05) is 31.3 Å². The van der Waals surface area contributed by atoms with Crippen molar-refractivity contribution >= 4 is 35.3 Å². The molecule has 24 heavy (non-hydrogen) atoms. The number of rotatable bonds is 6. The number of ether oxygens (including phenoxy) is 1. The summed E-state index contributed by atoms with van der Waals surface area (Å²) >= 11 is 7.53. The second kappa shape index (κ2) is 9.59. The summed E-state index contributed by atoms with van der Waals surface area (Å²) in [6, 6.07) is 8.03. The van der Waals surface area contributed by atoms with Gasteiger partial charge in [-0.15, -0.1) is 23.7 Å². The molecule has 1 aromatic carbocycles. The van der Waals surface area contributed by atoms with Gasteiger partial charge in [-0.2, -0.15) is 0 Å². The third kappa shape index (κ3) is 5.60. The number of nitrogens with zero attached hydrogens (tertiary/aromatic N) is 2. The number of likely N-dealkylation sites (tertiary alicyclic amines) is 1. The Morgan fingerprint density at radius 3 is 2.92 bits per heavy atom. The summed E-state index contributed by atoms with van der Waals surface area (Å²) in [6.45, 7) is 3.69. The number of halogens is 2. The van der Waals surface area contributed by atoms with E-state index in [9.17, 15) is 0 Å². The zero-order valence-corrected chi connectivity index (χ0v) is 16.1. The normalized spacial score (nSPS) is 18.2. The van der Waals surface area contributed by atoms with E-state index in [-0.39, 0.29) is 12.4 Å². The highest BCUT2D eigenvalue weighted by Gasteiger charge is 2.19. The molecule has 132 valence electrons. The van der Waals surface area contributed by atoms with Crippen molar-refractivity contribution in [1.82, 2.24) is 15.2 Å². The quantitative estimate of drug-likeness (QED) is 0.812. The van der Waals surface area contributed by atoms with Gasteiger partial charge in [0.15, 0.2) is 0 Å². The predicted octanol–water partition coefficient (Wildman–Crippen LogP) is 3.98. The van der Waals surface area contributed by atoms with Gasteiger partial charge in [0.05, 0.1) is 5.69 Å². The average Bonchev–Trinajstić information content (AvgIpc) is 3.02. The summed E-state index contributed by atoms with van der Waals surface area (Å²) in [6.07, 6.45) is 2.52. The predicted molar refractivity (Wildman–Crippen MR) is 103 cm³/mol. The molecule has 1 N–H and O–H groups in total. The third-order valence-corrected chi connectivity index (χ3v) is 5.20. The summed E-state index contributed by atoms with van der Waals surface area (Å²) in [5.74, 6) is 0.819. The number of hydrogen-bond acceptors (Lipinski definition) is 5. The Balaban J connectivity index is 0.00000208. The van der Waals surface area contributed by atoms with Gasteiger partial charge in [0.25, 0.3) is 0 Å². The first-order chi connectivity index (χ1) is 11.2. The average molecular weight is 388 g/mol. The van der Waals surface area contributed by atoms with E-state index >= 15 is 0 Å². The van der Waals surface area contributed by atoms with E-state index in [0.29, 0.717) is 12.6 Å². The molecule has 1 atom stereocenters. The molecule has 0 spiro atoms. The molecule has 1 fully saturated rings. The van der Waals surface area contributed by atoms with Gasteiger partial charge in [0.2, 0.25) is 0 Å². The molecule has 1 unspecified atom stereocenters. The van der Waals surface area contributed by atoms with Crippen LogP contribution in [0.25, 0.3) is 0 Å². The van der Waals surface area contributed by atoms with E-state index in [0.717, 1.165) is 41.1 Å². The van der Waals surface area contributed by atoms with Crippen molar-refractivity contribution in [2.45, 2.75) is 32.0 Å². The molecule has 1 aromatic heterocycles. The van der Waals surface area contributed by atoms with E-state index in [1.165, 1.54) is 12.8 Å². The number of aromatic nitrogens is 1. The molecule has 1 saturated heterocycles. The lowest BCUT2D eigenvalue weighted by molar-refractivity contribution is 0.186. The number of benzene rings is 1. The highest BCUT2D eigenvalue weighted by Crippen LogP contribution is 2.19. The van der Waals surface area contributed by atoms with Crippen molar-refractivity contribution in [3.8, 4) is 5.75 Å². The fourth-order valence-corrected chi connectivity index (χ4v) is 3.65. The SMILES string of the molecule is CNC1CCCN(Cc2csc(COc3ccc(Cl)cc3)n2)C1.Cl. The van der Waals surface area contributed by atoms with Gasteiger partial charge in [-0.05, 0) is 50.7 Å². The Bertz CT molecular complexity index is 621. The van der Waals surface area contributed by atoms with Crippen LogP contribution in [-0.2, 0) is 13.2 Å². The number of hydrogen-bond donors (Lipinski definition) is 1. The van der Waals surface area contributed by atoms with E-state index in [2.05, 4.69) is 15.6 Å². The second-order valence-electron chi connectivity index (χ2n) is 5.84. The maximum Gasteiger partial charge on any atom is 0.140 e. The highest BCUT2D eigenvalue weighted by molar-refractivity contribution is 7.09. The first-order valence-corrected chi connectivity index (χ1v) is 9.20. The zero-order valence-electron chi connectivity index (χ0n) is 13.7. The molecule has 2 heterocycles. The largest absolute Gasteiger partial charge is 0.486 e. The summed E-state index contributed by atoms with van der Waals surface area (Å²) < 4.78 is 5.75. The van der Waals surface area contributed by atoms with Crippen LogP contribution in [0.3, 0.4) is 0 Å². The molecule has 0 aliphatic carbocycles. The van der Waals surface area contributed by atoms with Crippen LogP contribution in [0, 0.1) is 0 Å². The Labute approximate surface area is 158 Å². The molecular formula is C17H23Cl2N3OS. The highest BCUT2D eigenvalue weighted by atomic mass is 35.5. The first-order valence-electron chi connectivity index (χ1n) is 7.94. The van der Waals surface area contributed by atoms with Crippen LogP contribution in [0.1, 0.15) is 23.5 Å². The van der Waals surface area contributed by atoms with Gasteiger partial charge < -0.3 is 10.1 Å². The van der Waals surface area contributed by atoms with Gasteiger partial charge in [-0.3, -0.25) is 4.90 Å². The minimum absolute atomic E-state index is 0. The fourth-order valence-electron chi connectivity index (χ4n) is 2.83. The molecular weight excluding hydrogens is 365 g/mol. The molecule has 2 aromatic rings. The fraction of sp³-hybridized carbons (Fsp3) is 0.471. The molecule has 7 heteroatoms. The van der Waals surface area contributed by atoms with E-state index in [4.69, 9.17) is 21.3 Å². The van der Waals surface area contributed by atoms with E-state index < -0.39 is 0 Å². The van der Waals surface area contributed by atoms with Crippen LogP contribution in [0.2, 0.25) is 5.02 Å². The van der Waals surface area contributed by atoms with Gasteiger partial charge in [0, 0.05) is 29.5 Å². The summed E-state index contributed by atoms with van der Waals surface area (Å²) in [5.41, 5.74) is 1.14. The number of likely N-dealkylation sites (N-methyl/N-ethyl adjacent to an activating group) is 1. The summed E-state index contributed by atoms with van der Waals surface area (Å²) in [4.78, 5) is 7.17. The minimum atomic E-state index is 0. The number of piperidine rings is 1. The topological polar surface area (TPSA) is 37.4 Å². The molecule has 0 amide bonds. The van der Waals surface area contributed by atoms with E-state index in [1.54, 1.807) is 11.3 Å². The van der Waals surface area contributed by atoms with Crippen LogP contribution in [0.5, 0.6) is 5.75 Å². The van der Waals surface area contributed by atoms with Gasteiger partial charge in [0.1, 0.15) is 17.4 Å². The summed E-state index contributed by atoms with van der Waals surface area (Å²) in [7, 11) is 2.04. The monoisotopic (exact) mass is 387 g/mol. The van der Waals surface area contributed by atoms with Gasteiger partial charge in [-0.1, -0.05) is 11.6 Å². The van der Waals surface area contributed by atoms with Crippen LogP contribution in [0.15, 0.2) is 29.6 Å². The van der Waals surface area contributed by atoms with Crippen molar-refractivity contribution in [2.24, 2.45) is 0 Å². The zero-order chi connectivity index (χ0) is 16.1. The Morgan fingerprint density at radius 1 is 1.38 bits per heavy atom. The molecule has 1 aliphatic rings. The van der Waals surface area contributed by atoms with Crippen LogP contribution < -0.4 is 10.1 Å². The molecule has 0 radical (unpaired) electrons. The lowest BCUT2D eigenvalue weighted by atomic mass is 10.1. The summed E-state index contributed by atoms with van der Waals surface area (Å²) in [5, 5.41) is 7.25. The number of nitrogens with one attached hydrogen (secondary N) is 1. The van der Waals surface area contributed by atoms with Crippen molar-refractivity contribution < 1.29 is 4.74 Å². The standard InChI is InChI=1S/C17H22ClN3OS.ClH/c1-19-14-3-2-8-21(9-14)10-15-12-23-17(20-15)11-22-16-6-4-13(18)5-7-16;/h4-7,12,14,19H,2-3,8-11H2,1H3;1H. The Hall–Kier alpha value is -0.850. The van der Waals surface area contributed by atoms with Crippen molar-refractivity contribution in [2.75, 3.05) is 20.1 Å². The first kappa shape index (κ1) is 19.5. The lowest BCUT2D eigenvalue weighted by Gasteiger charge is -2.31. The Morgan fingerprint density at radius 2 is 2.17 bits per heavy atom. The maximum atomic E-state index is 5.87. The van der Waals surface area contributed by atoms with Crippen molar-refractivity contribution in [1.29, 1.82) is 0 Å². The molecule has 0 bridgehead atoms. The van der Waals surface area contributed by atoms with Crippen LogP contribution in [0.4, 0.5) is 0 Å². The maximum absolute atomic E-state index is 5.87. The van der Waals surface area contributed by atoms with Crippen molar-refractivity contribution in [3.05, 3.63) is 45.4 Å². The molecule has 3 rings (SSSR count). The van der Waals surface area contributed by atoms with Gasteiger partial charge >= 0.3 is 0 Å². The smallest absolute Gasteiger partial charge is 0.140 e. The molecule has 0 saturated carbocycles. The Kier molecular flexibility index (Phi) is 7.78. The van der Waals surface area contributed by atoms with Crippen LogP contribution in [-0.4, -0.2) is 36.1 Å². The molecule has 4 nitrogen and oxygen atoms in total. The molecule has 1 aliphatic heterocycles. The second-order valence-corrected chi connectivity index (χ2v) is 7.22. The van der Waals surface area contributed by atoms with Gasteiger partial charge in [-0.25, -0.2) is 4.98 Å². The van der Waals surface area contributed by atoms with Crippen molar-refractivity contribution in [3.63, 3.8) is 0 Å². The minimum Gasteiger partial charge on any atom is -0.486 e.